The first-order valence-electron chi connectivity index (χ1n) is 28.9. The lowest BCUT2D eigenvalue weighted by atomic mass is 9.98. The molecule has 1 aliphatic rings. The highest BCUT2D eigenvalue weighted by Crippen LogP contribution is 2.26. The van der Waals surface area contributed by atoms with Crippen LogP contribution < -0.4 is 0 Å². The number of aliphatic hydroxyl groups is 2. The maximum absolute atomic E-state index is 13.1. The zero-order valence-corrected chi connectivity index (χ0v) is 46.5. The van der Waals surface area contributed by atoms with Crippen LogP contribution in [0.4, 0.5) is 0 Å². The van der Waals surface area contributed by atoms with Crippen LogP contribution in [-0.2, 0) is 42.9 Å². The number of carbonyl (C=O) groups is 4. The number of hydrogen-bond donors (Lipinski definition) is 3. The number of rotatable bonds is 47. The van der Waals surface area contributed by atoms with Gasteiger partial charge in [0, 0.05) is 19.3 Å². The summed E-state index contributed by atoms with van der Waals surface area (Å²) in [6.07, 6.45) is 55.1. The topological polar surface area (TPSA) is 175 Å². The largest absolute Gasteiger partial charge is 0.479 e. The third-order valence-corrected chi connectivity index (χ3v) is 12.4. The maximum atomic E-state index is 13.1. The molecule has 1 saturated heterocycles. The van der Waals surface area contributed by atoms with Crippen LogP contribution in [0.3, 0.4) is 0 Å². The van der Waals surface area contributed by atoms with Crippen molar-refractivity contribution in [1.82, 2.24) is 0 Å². The van der Waals surface area contributed by atoms with E-state index in [9.17, 15) is 34.5 Å². The number of carboxylic acid groups (broad SMARTS) is 1. The lowest BCUT2D eigenvalue weighted by molar-refractivity contribution is -0.301. The summed E-state index contributed by atoms with van der Waals surface area (Å²) < 4.78 is 28.2. The summed E-state index contributed by atoms with van der Waals surface area (Å²) in [4.78, 5) is 51.0. The van der Waals surface area contributed by atoms with Crippen LogP contribution in [0.25, 0.3) is 0 Å². The SMILES string of the molecule is CC/C=C\C/C=C\C/C=C\C/C=C\C/C=C\CCCC(=O)OC1C(OCC(COC(=O)CCCCCCCCCCCCCCCCC)OC(=O)CC/C=C\C/C=C\C/C=C\C/C=C\CC)OC(C(=O)O)C(O)C1O. The van der Waals surface area contributed by atoms with Crippen LogP contribution in [0.2, 0.25) is 0 Å². The molecule has 1 rings (SSSR count). The Kier molecular flexibility index (Phi) is 45.8. The molecule has 0 bridgehead atoms. The van der Waals surface area contributed by atoms with E-state index in [-0.39, 0.29) is 25.9 Å². The number of ether oxygens (including phenoxy) is 5. The average molecular weight is 1050 g/mol. The van der Waals surface area contributed by atoms with Crippen molar-refractivity contribution in [3.63, 3.8) is 0 Å². The van der Waals surface area contributed by atoms with Gasteiger partial charge in [0.1, 0.15) is 18.8 Å². The van der Waals surface area contributed by atoms with E-state index in [4.69, 9.17) is 23.7 Å². The minimum Gasteiger partial charge on any atom is -0.479 e. The van der Waals surface area contributed by atoms with Crippen LogP contribution in [0.15, 0.2) is 109 Å². The Morgan fingerprint density at radius 1 is 0.453 bits per heavy atom. The van der Waals surface area contributed by atoms with Gasteiger partial charge in [-0.2, -0.15) is 0 Å². The standard InChI is InChI=1S/C63H100O12/c1-4-7-10-13-16-19-22-25-27-28-30-33-36-39-42-45-48-51-57(66)74-61-59(68)58(67)60(62(69)70)75-63(61)72-53-54(73-56(65)50-47-44-41-38-35-31-24-21-18-15-12-9-6-3)52-71-55(64)49-46-43-40-37-34-32-29-26-23-20-17-14-11-8-5-2/h7,9-10,12,16,18-19,21,25,27,30-31,33,35,39,41-42,44,54,58-61,63,67-68H,4-6,8,11,13-15,17,20,22-24,26,28-29,32,34,36-38,40,43,45-53H2,1-3H3,(H,69,70)/b10-7-,12-9-,19-16-,21-18-,27-25-,33-30-,35-31-,42-39-,44-41-. The van der Waals surface area contributed by atoms with E-state index in [0.29, 0.717) is 32.1 Å². The fourth-order valence-corrected chi connectivity index (χ4v) is 8.00. The van der Waals surface area contributed by atoms with E-state index < -0.39 is 67.3 Å². The number of aliphatic carboxylic acids is 1. The summed E-state index contributed by atoms with van der Waals surface area (Å²) in [5.74, 6) is -3.32. The van der Waals surface area contributed by atoms with Gasteiger partial charge in [-0.3, -0.25) is 14.4 Å². The number of allylic oxidation sites excluding steroid dienone is 18. The van der Waals surface area contributed by atoms with Gasteiger partial charge in [-0.25, -0.2) is 4.79 Å². The summed E-state index contributed by atoms with van der Waals surface area (Å²) in [6.45, 7) is 5.67. The molecule has 0 spiro atoms. The Balaban J connectivity index is 2.77. The number of hydrogen-bond acceptors (Lipinski definition) is 11. The van der Waals surface area contributed by atoms with Crippen LogP contribution in [-0.4, -0.2) is 89.2 Å². The van der Waals surface area contributed by atoms with Gasteiger partial charge in [0.25, 0.3) is 0 Å². The Morgan fingerprint density at radius 2 is 0.867 bits per heavy atom. The first-order valence-corrected chi connectivity index (χ1v) is 28.9. The predicted molar refractivity (Wildman–Crippen MR) is 303 cm³/mol. The molecule has 424 valence electrons. The molecular formula is C63H100O12. The molecule has 12 nitrogen and oxygen atoms in total. The van der Waals surface area contributed by atoms with E-state index in [1.807, 2.05) is 24.3 Å². The van der Waals surface area contributed by atoms with Crippen molar-refractivity contribution in [3.05, 3.63) is 109 Å². The smallest absolute Gasteiger partial charge is 0.335 e. The number of esters is 3. The van der Waals surface area contributed by atoms with Crippen molar-refractivity contribution in [1.29, 1.82) is 0 Å². The lowest BCUT2D eigenvalue weighted by Gasteiger charge is -2.40. The first-order chi connectivity index (χ1) is 36.6. The van der Waals surface area contributed by atoms with Gasteiger partial charge in [0.15, 0.2) is 24.6 Å². The number of aliphatic hydroxyl groups excluding tert-OH is 2. The summed E-state index contributed by atoms with van der Waals surface area (Å²) in [7, 11) is 0. The fourth-order valence-electron chi connectivity index (χ4n) is 8.00. The van der Waals surface area contributed by atoms with Crippen LogP contribution in [0.1, 0.15) is 213 Å². The molecule has 0 radical (unpaired) electrons. The first kappa shape index (κ1) is 68.4. The molecule has 75 heavy (non-hydrogen) atoms. The molecule has 0 saturated carbocycles. The van der Waals surface area contributed by atoms with Crippen LogP contribution >= 0.6 is 0 Å². The van der Waals surface area contributed by atoms with Crippen molar-refractivity contribution in [3.8, 4) is 0 Å². The highest BCUT2D eigenvalue weighted by molar-refractivity contribution is 5.74. The highest BCUT2D eigenvalue weighted by Gasteiger charge is 2.50. The average Bonchev–Trinajstić information content (AvgIpc) is 3.39. The molecule has 0 aliphatic carbocycles. The van der Waals surface area contributed by atoms with Gasteiger partial charge in [-0.05, 0) is 83.5 Å². The van der Waals surface area contributed by atoms with Gasteiger partial charge in [0.05, 0.1) is 6.61 Å². The Bertz CT molecular complexity index is 1720. The molecule has 0 amide bonds. The van der Waals surface area contributed by atoms with Crippen molar-refractivity contribution in [2.45, 2.75) is 250 Å². The molecule has 1 fully saturated rings. The normalized spacial score (nSPS) is 19.0. The molecule has 12 heteroatoms. The van der Waals surface area contributed by atoms with Gasteiger partial charge in [-0.15, -0.1) is 0 Å². The van der Waals surface area contributed by atoms with Crippen molar-refractivity contribution in [2.24, 2.45) is 0 Å². The Hall–Kier alpha value is -4.62. The number of carbonyl (C=O) groups excluding carboxylic acids is 3. The molecule has 3 N–H and O–H groups in total. The molecule has 0 aromatic carbocycles. The van der Waals surface area contributed by atoms with Crippen molar-refractivity contribution < 1.29 is 58.2 Å². The van der Waals surface area contributed by atoms with Gasteiger partial charge < -0.3 is 39.0 Å². The van der Waals surface area contributed by atoms with Gasteiger partial charge >= 0.3 is 23.9 Å². The summed E-state index contributed by atoms with van der Waals surface area (Å²) in [5.41, 5.74) is 0. The molecule has 6 atom stereocenters. The van der Waals surface area contributed by atoms with Crippen LogP contribution in [0.5, 0.6) is 0 Å². The summed E-state index contributed by atoms with van der Waals surface area (Å²) >= 11 is 0. The Labute approximate surface area is 453 Å². The molecule has 0 aromatic heterocycles. The molecule has 6 unspecified atom stereocenters. The molecule has 0 aromatic rings. The zero-order chi connectivity index (χ0) is 54.7. The van der Waals surface area contributed by atoms with E-state index in [1.165, 1.54) is 70.6 Å². The van der Waals surface area contributed by atoms with Crippen LogP contribution in [0, 0.1) is 0 Å². The third-order valence-electron chi connectivity index (χ3n) is 12.4. The second-order valence-corrected chi connectivity index (χ2v) is 19.2. The van der Waals surface area contributed by atoms with E-state index >= 15 is 0 Å². The molecule has 1 aliphatic heterocycles. The zero-order valence-electron chi connectivity index (χ0n) is 46.5. The lowest BCUT2D eigenvalue weighted by Crippen LogP contribution is -2.61. The fraction of sp³-hybridized carbons (Fsp3) is 0.651. The maximum Gasteiger partial charge on any atom is 0.335 e. The van der Waals surface area contributed by atoms with Crippen molar-refractivity contribution >= 4 is 23.9 Å². The second kappa shape index (κ2) is 50.2. The van der Waals surface area contributed by atoms with Crippen molar-refractivity contribution in [2.75, 3.05) is 13.2 Å². The van der Waals surface area contributed by atoms with E-state index in [0.717, 1.165) is 70.6 Å². The number of unbranched alkanes of at least 4 members (excludes halogenated alkanes) is 15. The highest BCUT2D eigenvalue weighted by atomic mass is 16.7. The monoisotopic (exact) mass is 1050 g/mol. The molecule has 1 heterocycles. The van der Waals surface area contributed by atoms with E-state index in [1.54, 1.807) is 0 Å². The Morgan fingerprint density at radius 3 is 1.32 bits per heavy atom. The quantitative estimate of drug-likeness (QED) is 0.0228. The van der Waals surface area contributed by atoms with Gasteiger partial charge in [0.2, 0.25) is 0 Å². The predicted octanol–water partition coefficient (Wildman–Crippen LogP) is 14.7. The van der Waals surface area contributed by atoms with E-state index in [2.05, 4.69) is 106 Å². The molecular weight excluding hydrogens is 949 g/mol. The summed E-state index contributed by atoms with van der Waals surface area (Å²) in [5, 5.41) is 31.4. The minimum atomic E-state index is -1.94. The van der Waals surface area contributed by atoms with Gasteiger partial charge in [-0.1, -0.05) is 220 Å². The summed E-state index contributed by atoms with van der Waals surface area (Å²) in [6, 6.07) is 0. The number of carboxylic acids is 1. The minimum absolute atomic E-state index is 0.0302. The second-order valence-electron chi connectivity index (χ2n) is 19.2. The third kappa shape index (κ3) is 40.3.